The largest absolute Gasteiger partial charge is 0.530 e. The zero-order valence-corrected chi connectivity index (χ0v) is 52.7. The highest BCUT2D eigenvalue weighted by Crippen LogP contribution is 2.59. The highest BCUT2D eigenvalue weighted by Gasteiger charge is 2.40. The molecule has 10 aromatic carbocycles. The van der Waals surface area contributed by atoms with E-state index < -0.39 is 33.6 Å². The molecule has 9 heteroatoms. The van der Waals surface area contributed by atoms with E-state index in [1.165, 1.54) is 5.56 Å². The van der Waals surface area contributed by atoms with E-state index in [1.54, 1.807) is 0 Å². The minimum atomic E-state index is -2.25. The molecule has 0 amide bonds. The van der Waals surface area contributed by atoms with Crippen molar-refractivity contribution in [2.75, 3.05) is 0 Å². The van der Waals surface area contributed by atoms with Gasteiger partial charge >= 0.3 is 17.2 Å². The Hall–Kier alpha value is -7.30. The molecule has 0 unspecified atom stereocenters. The third-order valence-electron chi connectivity index (χ3n) is 17.3. The molecular weight excluding hydrogens is 1060 g/mol. The maximum Gasteiger partial charge on any atom is 0.530 e. The van der Waals surface area contributed by atoms with Crippen LogP contribution < -0.4 is 31.9 Å². The first-order valence-electron chi connectivity index (χ1n) is 29.4. The molecule has 0 saturated heterocycles. The molecular formula is C74H80O7P2. The SMILES string of the molecule is CCC(C)(C)Oc1cc(C(C)(C)CC)c(OP(Oc2ccc3ccccc3c2)Oc2ccc3ccccc3c2)c(-c2c(C)c(C(C)(C)CC)cc(C(C)(C)CC)c2OP(Oc2ccc3ccccc3c2)Oc2ccc3ccccc3c2)c1C. The predicted octanol–water partition coefficient (Wildman–Crippen LogP) is 22.7. The topological polar surface area (TPSA) is 64.6 Å². The van der Waals surface area contributed by atoms with Gasteiger partial charge in [-0.25, -0.2) is 0 Å². The fourth-order valence-corrected chi connectivity index (χ4v) is 12.6. The van der Waals surface area contributed by atoms with Gasteiger partial charge < -0.3 is 31.9 Å². The Bertz CT molecular complexity index is 3810. The van der Waals surface area contributed by atoms with E-state index in [-0.39, 0.29) is 5.41 Å². The lowest BCUT2D eigenvalue weighted by atomic mass is 9.71. The van der Waals surface area contributed by atoms with Crippen LogP contribution in [0.15, 0.2) is 182 Å². The van der Waals surface area contributed by atoms with Crippen LogP contribution in [0.2, 0.25) is 0 Å². The summed E-state index contributed by atoms with van der Waals surface area (Å²) < 4.78 is 51.4. The molecule has 0 spiro atoms. The highest BCUT2D eigenvalue weighted by atomic mass is 31.2. The van der Waals surface area contributed by atoms with Crippen LogP contribution in [0, 0.1) is 13.8 Å². The smallest absolute Gasteiger partial charge is 0.488 e. The van der Waals surface area contributed by atoms with Gasteiger partial charge in [0.25, 0.3) is 0 Å². The second kappa shape index (κ2) is 24.1. The third kappa shape index (κ3) is 12.8. The first-order valence-corrected chi connectivity index (χ1v) is 31.6. The lowest BCUT2D eigenvalue weighted by Crippen LogP contribution is -2.28. The Morgan fingerprint density at radius 3 is 0.940 bits per heavy atom. The molecule has 0 aromatic heterocycles. The Morgan fingerprint density at radius 2 is 0.614 bits per heavy atom. The van der Waals surface area contributed by atoms with Crippen LogP contribution >= 0.6 is 17.2 Å². The molecule has 0 heterocycles. The average molecular weight is 1140 g/mol. The van der Waals surface area contributed by atoms with Gasteiger partial charge in [-0.1, -0.05) is 197 Å². The van der Waals surface area contributed by atoms with Gasteiger partial charge in [-0.3, -0.25) is 0 Å². The summed E-state index contributed by atoms with van der Waals surface area (Å²) in [5.74, 6) is 4.52. The summed E-state index contributed by atoms with van der Waals surface area (Å²) in [6.45, 7) is 31.5. The van der Waals surface area contributed by atoms with E-state index in [0.29, 0.717) is 34.5 Å². The van der Waals surface area contributed by atoms with E-state index >= 15 is 0 Å². The van der Waals surface area contributed by atoms with Gasteiger partial charge in [0, 0.05) is 27.8 Å². The normalized spacial score (nSPS) is 12.4. The van der Waals surface area contributed by atoms with Crippen LogP contribution in [0.25, 0.3) is 54.2 Å². The van der Waals surface area contributed by atoms with Crippen LogP contribution in [0.1, 0.15) is 137 Å². The summed E-state index contributed by atoms with van der Waals surface area (Å²) >= 11 is 0. The van der Waals surface area contributed by atoms with Crippen LogP contribution in [0.3, 0.4) is 0 Å². The molecule has 83 heavy (non-hydrogen) atoms. The number of ether oxygens (including phenoxy) is 1. The van der Waals surface area contributed by atoms with Gasteiger partial charge in [-0.15, -0.1) is 0 Å². The number of fused-ring (bicyclic) bond motifs is 4. The van der Waals surface area contributed by atoms with Crippen molar-refractivity contribution in [3.05, 3.63) is 210 Å². The first kappa shape index (κ1) is 58.9. The van der Waals surface area contributed by atoms with E-state index in [9.17, 15) is 0 Å². The summed E-state index contributed by atoms with van der Waals surface area (Å²) in [5, 5.41) is 8.61. The monoisotopic (exact) mass is 1140 g/mol. The summed E-state index contributed by atoms with van der Waals surface area (Å²) in [6, 6.07) is 62.4. The van der Waals surface area contributed by atoms with Gasteiger partial charge in [0.05, 0.1) is 0 Å². The van der Waals surface area contributed by atoms with Gasteiger partial charge in [0.15, 0.2) is 0 Å². The molecule has 0 aliphatic carbocycles. The summed E-state index contributed by atoms with van der Waals surface area (Å²) in [5.41, 5.74) is 5.12. The van der Waals surface area contributed by atoms with Crippen molar-refractivity contribution in [3.8, 4) is 51.4 Å². The molecule has 0 bridgehead atoms. The predicted molar refractivity (Wildman–Crippen MR) is 350 cm³/mol. The average Bonchev–Trinajstić information content (AvgIpc) is 1.35. The Morgan fingerprint density at radius 1 is 0.313 bits per heavy atom. The van der Waals surface area contributed by atoms with E-state index in [4.69, 9.17) is 31.9 Å². The molecule has 10 aromatic rings. The number of rotatable bonds is 22. The summed E-state index contributed by atoms with van der Waals surface area (Å²) in [4.78, 5) is 0. The molecule has 0 N–H and O–H groups in total. The quantitative estimate of drug-likeness (QED) is 0.0627. The third-order valence-corrected chi connectivity index (χ3v) is 19.4. The zero-order valence-electron chi connectivity index (χ0n) is 50.9. The first-order chi connectivity index (χ1) is 39.7. The summed E-state index contributed by atoms with van der Waals surface area (Å²) in [7, 11) is -4.50. The zero-order chi connectivity index (χ0) is 58.8. The van der Waals surface area contributed by atoms with Crippen molar-refractivity contribution >= 4 is 60.3 Å². The lowest BCUT2D eigenvalue weighted by molar-refractivity contribution is 0.104. The van der Waals surface area contributed by atoms with Crippen molar-refractivity contribution in [3.63, 3.8) is 0 Å². The number of benzene rings is 10. The van der Waals surface area contributed by atoms with Crippen LogP contribution in [-0.4, -0.2) is 5.60 Å². The maximum absolute atomic E-state index is 7.80. The Balaban J connectivity index is 1.27. The van der Waals surface area contributed by atoms with Crippen LogP contribution in [0.4, 0.5) is 0 Å². The Labute approximate surface area is 495 Å². The second-order valence-corrected chi connectivity index (χ2v) is 26.5. The van der Waals surface area contributed by atoms with Crippen molar-refractivity contribution < 1.29 is 31.9 Å². The summed E-state index contributed by atoms with van der Waals surface area (Å²) in [6.07, 6.45) is 3.25. The van der Waals surface area contributed by atoms with Gasteiger partial charge in [-0.2, -0.15) is 0 Å². The molecule has 10 rings (SSSR count). The molecule has 0 saturated carbocycles. The molecule has 7 nitrogen and oxygen atoms in total. The van der Waals surface area contributed by atoms with Gasteiger partial charge in [0.2, 0.25) is 0 Å². The van der Waals surface area contributed by atoms with Crippen molar-refractivity contribution in [2.24, 2.45) is 0 Å². The number of hydrogen-bond donors (Lipinski definition) is 0. The van der Waals surface area contributed by atoms with E-state index in [1.807, 2.05) is 48.5 Å². The standard InChI is InChI=1S/C74H80O7P2/c1-15-71(7,8)63-47-64(72(9,10)16-2)69(80-82(76-59-39-35-51-27-19-23-31-55(51)43-59)77-60-40-36-52-28-20-24-32-56(52)44-60)67(49(63)5)68-50(6)66(75-74(13,14)18-4)48-65(73(11,12)17-3)70(68)81-83(78-61-41-37-53-29-21-25-33-57(53)45-61)79-62-42-38-54-30-22-26-34-58(54)46-62/h19-48H,15-18H2,1-14H3. The molecule has 428 valence electrons. The molecule has 0 fully saturated rings. The molecule has 0 aliphatic heterocycles. The Kier molecular flexibility index (Phi) is 17.1. The lowest BCUT2D eigenvalue weighted by Gasteiger charge is -2.37. The second-order valence-electron chi connectivity index (χ2n) is 24.5. The fraction of sp³-hybridized carbons (Fsp3) is 0.297. The molecule has 0 aliphatic rings. The van der Waals surface area contributed by atoms with E-state index in [0.717, 1.165) is 108 Å². The van der Waals surface area contributed by atoms with Crippen LogP contribution in [0.5, 0.6) is 40.2 Å². The van der Waals surface area contributed by atoms with Crippen molar-refractivity contribution in [1.29, 1.82) is 0 Å². The van der Waals surface area contributed by atoms with E-state index in [2.05, 4.69) is 230 Å². The van der Waals surface area contributed by atoms with Crippen molar-refractivity contribution in [1.82, 2.24) is 0 Å². The molecule has 0 atom stereocenters. The maximum atomic E-state index is 7.80. The number of hydrogen-bond acceptors (Lipinski definition) is 7. The van der Waals surface area contributed by atoms with Gasteiger partial charge in [-0.05, 0) is 178 Å². The van der Waals surface area contributed by atoms with Crippen LogP contribution in [-0.2, 0) is 16.2 Å². The highest BCUT2D eigenvalue weighted by molar-refractivity contribution is 7.43. The van der Waals surface area contributed by atoms with Gasteiger partial charge in [0.1, 0.15) is 45.8 Å². The minimum Gasteiger partial charge on any atom is -0.488 e. The minimum absolute atomic E-state index is 0.270. The van der Waals surface area contributed by atoms with Crippen molar-refractivity contribution in [2.45, 2.75) is 144 Å². The fourth-order valence-electron chi connectivity index (χ4n) is 10.5. The molecule has 0 radical (unpaired) electrons.